The molecular weight excluding hydrogens is 469 g/mol. The van der Waals surface area contributed by atoms with Crippen LogP contribution in [-0.2, 0) is 17.9 Å². The zero-order valence-electron chi connectivity index (χ0n) is 21.5. The van der Waals surface area contributed by atoms with Gasteiger partial charge < -0.3 is 15.2 Å². The summed E-state index contributed by atoms with van der Waals surface area (Å²) in [6.07, 6.45) is 3.64. The standard InChI is InChI=1S/C28H34FN7O/c1-28(2,3)26(35(18-23(29)16-30)25(37)20-36-31-14-15-32-36)27-33-24(22-12-8-5-9-13-22)19-34(27)17-21-10-6-4-7-11-21/h4-15,19,23,26H,16-18,20,30H2,1-3H3/t23-,26-/m0/s1. The maximum atomic E-state index is 14.8. The summed E-state index contributed by atoms with van der Waals surface area (Å²) in [6, 6.07) is 19.4. The molecule has 2 atom stereocenters. The molecule has 0 saturated heterocycles. The third-order valence-electron chi connectivity index (χ3n) is 6.16. The molecule has 0 radical (unpaired) electrons. The van der Waals surface area contributed by atoms with Gasteiger partial charge in [-0.15, -0.1) is 0 Å². The molecule has 37 heavy (non-hydrogen) atoms. The van der Waals surface area contributed by atoms with E-state index in [9.17, 15) is 9.18 Å². The Kier molecular flexibility index (Phi) is 8.13. The van der Waals surface area contributed by atoms with Crippen molar-refractivity contribution in [3.8, 4) is 11.3 Å². The van der Waals surface area contributed by atoms with E-state index in [1.165, 1.54) is 17.2 Å². The average Bonchev–Trinajstić information content (AvgIpc) is 3.54. The minimum absolute atomic E-state index is 0.109. The minimum Gasteiger partial charge on any atom is -0.328 e. The van der Waals surface area contributed by atoms with Crippen molar-refractivity contribution in [3.63, 3.8) is 0 Å². The van der Waals surface area contributed by atoms with Crippen LogP contribution in [0.3, 0.4) is 0 Å². The predicted octanol–water partition coefficient (Wildman–Crippen LogP) is 4.10. The second-order valence-corrected chi connectivity index (χ2v) is 10.2. The van der Waals surface area contributed by atoms with Gasteiger partial charge in [-0.1, -0.05) is 81.4 Å². The van der Waals surface area contributed by atoms with Crippen molar-refractivity contribution in [3.05, 3.63) is 90.6 Å². The molecule has 1 amide bonds. The fourth-order valence-corrected chi connectivity index (χ4v) is 4.47. The van der Waals surface area contributed by atoms with Crippen molar-refractivity contribution in [1.82, 2.24) is 29.4 Å². The number of carbonyl (C=O) groups is 1. The van der Waals surface area contributed by atoms with Crippen LogP contribution < -0.4 is 5.73 Å². The monoisotopic (exact) mass is 503 g/mol. The third kappa shape index (κ3) is 6.48. The first-order chi connectivity index (χ1) is 17.8. The number of carbonyl (C=O) groups excluding carboxylic acids is 1. The average molecular weight is 504 g/mol. The van der Waals surface area contributed by atoms with E-state index < -0.39 is 17.6 Å². The molecule has 4 aromatic rings. The summed E-state index contributed by atoms with van der Waals surface area (Å²) in [7, 11) is 0. The van der Waals surface area contributed by atoms with Crippen molar-refractivity contribution >= 4 is 5.91 Å². The van der Waals surface area contributed by atoms with Gasteiger partial charge in [0.25, 0.3) is 0 Å². The number of amides is 1. The van der Waals surface area contributed by atoms with Crippen LogP contribution in [0.4, 0.5) is 4.39 Å². The van der Waals surface area contributed by atoms with Crippen molar-refractivity contribution in [2.45, 2.75) is 46.1 Å². The third-order valence-corrected chi connectivity index (χ3v) is 6.16. The molecule has 0 saturated carbocycles. The van der Waals surface area contributed by atoms with Crippen LogP contribution in [-0.4, -0.2) is 54.6 Å². The lowest BCUT2D eigenvalue weighted by Gasteiger charge is -2.40. The predicted molar refractivity (Wildman–Crippen MR) is 141 cm³/mol. The lowest BCUT2D eigenvalue weighted by molar-refractivity contribution is -0.138. The van der Waals surface area contributed by atoms with Crippen LogP contribution in [0.25, 0.3) is 11.3 Å². The molecule has 2 N–H and O–H groups in total. The molecule has 0 aliphatic rings. The van der Waals surface area contributed by atoms with E-state index in [2.05, 4.69) is 26.9 Å². The fourth-order valence-electron chi connectivity index (χ4n) is 4.47. The van der Waals surface area contributed by atoms with Crippen molar-refractivity contribution < 1.29 is 9.18 Å². The first kappa shape index (κ1) is 26.2. The first-order valence-corrected chi connectivity index (χ1v) is 12.4. The Labute approximate surface area is 216 Å². The number of imidazole rings is 1. The zero-order valence-corrected chi connectivity index (χ0v) is 21.5. The first-order valence-electron chi connectivity index (χ1n) is 12.4. The van der Waals surface area contributed by atoms with E-state index in [4.69, 9.17) is 10.7 Å². The van der Waals surface area contributed by atoms with Gasteiger partial charge in [-0.25, -0.2) is 9.37 Å². The lowest BCUT2D eigenvalue weighted by Crippen LogP contribution is -2.47. The van der Waals surface area contributed by atoms with Gasteiger partial charge >= 0.3 is 0 Å². The number of halogens is 1. The van der Waals surface area contributed by atoms with Crippen LogP contribution in [0.5, 0.6) is 0 Å². The molecule has 2 aromatic heterocycles. The molecule has 0 aliphatic carbocycles. The maximum absolute atomic E-state index is 14.8. The smallest absolute Gasteiger partial charge is 0.246 e. The van der Waals surface area contributed by atoms with Crippen LogP contribution >= 0.6 is 0 Å². The van der Waals surface area contributed by atoms with Gasteiger partial charge in [0.15, 0.2) is 0 Å². The number of nitrogens with zero attached hydrogens (tertiary/aromatic N) is 6. The SMILES string of the molecule is CC(C)(C)[C@H](c1nc(-c2ccccc2)cn1Cc1ccccc1)N(C[C@@H](F)CN)C(=O)Cn1nccn1. The topological polar surface area (TPSA) is 94.9 Å². The van der Waals surface area contributed by atoms with Gasteiger partial charge in [0.1, 0.15) is 18.5 Å². The highest BCUT2D eigenvalue weighted by Crippen LogP contribution is 2.39. The quantitative estimate of drug-likeness (QED) is 0.352. The Bertz CT molecular complexity index is 1270. The van der Waals surface area contributed by atoms with E-state index >= 15 is 0 Å². The summed E-state index contributed by atoms with van der Waals surface area (Å²) < 4.78 is 16.9. The summed E-state index contributed by atoms with van der Waals surface area (Å²) in [5, 5.41) is 8.14. The second-order valence-electron chi connectivity index (χ2n) is 10.2. The van der Waals surface area contributed by atoms with Crippen LogP contribution in [0.1, 0.15) is 38.2 Å². The van der Waals surface area contributed by atoms with Gasteiger partial charge in [-0.2, -0.15) is 15.0 Å². The number of nitrogens with two attached hydrogens (primary N) is 1. The molecule has 0 fully saturated rings. The zero-order chi connectivity index (χ0) is 26.4. The van der Waals surface area contributed by atoms with Crippen molar-refractivity contribution in [1.29, 1.82) is 0 Å². The molecule has 0 unspecified atom stereocenters. The molecule has 0 spiro atoms. The number of rotatable bonds is 10. The molecule has 194 valence electrons. The van der Waals surface area contributed by atoms with Gasteiger partial charge in [-0.05, 0) is 11.0 Å². The number of hydrogen-bond donors (Lipinski definition) is 1. The lowest BCUT2D eigenvalue weighted by atomic mass is 9.84. The van der Waals surface area contributed by atoms with Crippen molar-refractivity contribution in [2.75, 3.05) is 13.1 Å². The van der Waals surface area contributed by atoms with Crippen LogP contribution in [0, 0.1) is 5.41 Å². The van der Waals surface area contributed by atoms with E-state index in [-0.39, 0.29) is 25.5 Å². The summed E-state index contributed by atoms with van der Waals surface area (Å²) in [5.41, 5.74) is 8.03. The Morgan fingerprint density at radius 1 is 1.03 bits per heavy atom. The van der Waals surface area contributed by atoms with E-state index in [1.807, 2.05) is 75.5 Å². The Morgan fingerprint density at radius 3 is 2.24 bits per heavy atom. The second kappa shape index (κ2) is 11.5. The molecule has 8 nitrogen and oxygen atoms in total. The highest BCUT2D eigenvalue weighted by atomic mass is 19.1. The van der Waals surface area contributed by atoms with Gasteiger partial charge in [0.05, 0.1) is 30.7 Å². The molecule has 0 aliphatic heterocycles. The summed E-state index contributed by atoms with van der Waals surface area (Å²) in [4.78, 5) is 21.6. The number of hydrogen-bond acceptors (Lipinski definition) is 5. The maximum Gasteiger partial charge on any atom is 0.246 e. The molecule has 2 heterocycles. The Morgan fingerprint density at radius 2 is 1.65 bits per heavy atom. The molecule has 2 aromatic carbocycles. The van der Waals surface area contributed by atoms with Gasteiger partial charge in [0, 0.05) is 24.8 Å². The molecule has 4 rings (SSSR count). The van der Waals surface area contributed by atoms with Gasteiger partial charge in [-0.3, -0.25) is 4.79 Å². The highest BCUT2D eigenvalue weighted by molar-refractivity contribution is 5.76. The van der Waals surface area contributed by atoms with E-state index in [0.29, 0.717) is 12.4 Å². The number of alkyl halides is 1. The molecule has 9 heteroatoms. The van der Waals surface area contributed by atoms with Crippen LogP contribution in [0.2, 0.25) is 0 Å². The van der Waals surface area contributed by atoms with E-state index in [1.54, 1.807) is 4.90 Å². The normalized spacial score (nSPS) is 13.3. The molecule has 0 bridgehead atoms. The van der Waals surface area contributed by atoms with Crippen LogP contribution in [0.15, 0.2) is 79.3 Å². The van der Waals surface area contributed by atoms with Gasteiger partial charge in [0.2, 0.25) is 5.91 Å². The summed E-state index contributed by atoms with van der Waals surface area (Å²) in [5.74, 6) is 0.379. The number of benzene rings is 2. The molecular formula is C28H34FN7O. The minimum atomic E-state index is -1.38. The van der Waals surface area contributed by atoms with E-state index in [0.717, 1.165) is 16.8 Å². The Balaban J connectivity index is 1.83. The highest BCUT2D eigenvalue weighted by Gasteiger charge is 2.39. The Hall–Kier alpha value is -3.85. The fraction of sp³-hybridized carbons (Fsp3) is 0.357. The largest absolute Gasteiger partial charge is 0.328 e. The van der Waals surface area contributed by atoms with Crippen molar-refractivity contribution in [2.24, 2.45) is 11.1 Å². The summed E-state index contributed by atoms with van der Waals surface area (Å²) >= 11 is 0. The summed E-state index contributed by atoms with van der Waals surface area (Å²) in [6.45, 7) is 6.20. The number of aromatic nitrogens is 5.